The van der Waals surface area contributed by atoms with E-state index in [0.717, 1.165) is 15.6 Å². The van der Waals surface area contributed by atoms with Crippen molar-refractivity contribution in [1.29, 1.82) is 0 Å². The molecule has 1 unspecified atom stereocenters. The van der Waals surface area contributed by atoms with Crippen molar-refractivity contribution in [2.45, 2.75) is 18.9 Å². The summed E-state index contributed by atoms with van der Waals surface area (Å²) in [5.41, 5.74) is 2.00. The molecule has 1 aromatic carbocycles. The van der Waals surface area contributed by atoms with Crippen LogP contribution in [-0.2, 0) is 12.8 Å². The summed E-state index contributed by atoms with van der Waals surface area (Å²) in [6.45, 7) is 0. The zero-order valence-electron chi connectivity index (χ0n) is 12.0. The van der Waals surface area contributed by atoms with Crippen molar-refractivity contribution in [3.05, 3.63) is 52.3 Å². The molecular weight excluding hydrogens is 334 g/mol. The number of ether oxygens (including phenoxy) is 2. The average Bonchev–Trinajstić information content (AvgIpc) is 2.47. The third-order valence-corrected chi connectivity index (χ3v) is 3.59. The van der Waals surface area contributed by atoms with E-state index in [1.54, 1.807) is 26.6 Å². The SMILES string of the molecule is COc1ccc(CC(O)Cc2cncc(Br)c2)cc1OC. The van der Waals surface area contributed by atoms with Gasteiger partial charge in [-0.15, -0.1) is 0 Å². The Bertz CT molecular complexity index is 604. The highest BCUT2D eigenvalue weighted by atomic mass is 79.9. The Kier molecular flexibility index (Phi) is 5.59. The number of aliphatic hydroxyl groups excluding tert-OH is 1. The number of aromatic nitrogens is 1. The van der Waals surface area contributed by atoms with Gasteiger partial charge < -0.3 is 14.6 Å². The zero-order valence-corrected chi connectivity index (χ0v) is 13.6. The Morgan fingerprint density at radius 1 is 1.05 bits per heavy atom. The Labute approximate surface area is 132 Å². The molecule has 0 aliphatic heterocycles. The molecule has 1 aromatic heterocycles. The molecule has 1 heterocycles. The van der Waals surface area contributed by atoms with Gasteiger partial charge in [0.2, 0.25) is 0 Å². The van der Waals surface area contributed by atoms with Gasteiger partial charge in [-0.2, -0.15) is 0 Å². The maximum atomic E-state index is 10.2. The number of aliphatic hydroxyl groups is 1. The number of halogens is 1. The van der Waals surface area contributed by atoms with Crippen molar-refractivity contribution in [2.24, 2.45) is 0 Å². The van der Waals surface area contributed by atoms with Crippen molar-refractivity contribution >= 4 is 15.9 Å². The average molecular weight is 352 g/mol. The van der Waals surface area contributed by atoms with Gasteiger partial charge in [-0.3, -0.25) is 4.98 Å². The molecule has 112 valence electrons. The van der Waals surface area contributed by atoms with Gasteiger partial charge in [-0.25, -0.2) is 0 Å². The van der Waals surface area contributed by atoms with Gasteiger partial charge >= 0.3 is 0 Å². The fourth-order valence-electron chi connectivity index (χ4n) is 2.19. The molecule has 0 spiro atoms. The smallest absolute Gasteiger partial charge is 0.160 e. The third kappa shape index (κ3) is 4.44. The maximum absolute atomic E-state index is 10.2. The first kappa shape index (κ1) is 15.8. The molecule has 4 nitrogen and oxygen atoms in total. The summed E-state index contributed by atoms with van der Waals surface area (Å²) < 4.78 is 11.4. The van der Waals surface area contributed by atoms with Gasteiger partial charge in [0, 0.05) is 23.3 Å². The largest absolute Gasteiger partial charge is 0.493 e. The summed E-state index contributed by atoms with van der Waals surface area (Å²) in [5.74, 6) is 1.36. The van der Waals surface area contributed by atoms with Crippen molar-refractivity contribution in [3.8, 4) is 11.5 Å². The molecule has 2 rings (SSSR count). The summed E-state index contributed by atoms with van der Waals surface area (Å²) in [6.07, 6.45) is 4.12. The monoisotopic (exact) mass is 351 g/mol. The molecule has 5 heteroatoms. The quantitative estimate of drug-likeness (QED) is 0.868. The van der Waals surface area contributed by atoms with Crippen LogP contribution in [0.3, 0.4) is 0 Å². The van der Waals surface area contributed by atoms with Crippen LogP contribution < -0.4 is 9.47 Å². The van der Waals surface area contributed by atoms with Crippen LogP contribution in [0.4, 0.5) is 0 Å². The minimum atomic E-state index is -0.473. The number of pyridine rings is 1. The van der Waals surface area contributed by atoms with Crippen molar-refractivity contribution < 1.29 is 14.6 Å². The lowest BCUT2D eigenvalue weighted by Gasteiger charge is -2.13. The summed E-state index contributed by atoms with van der Waals surface area (Å²) >= 11 is 3.38. The van der Waals surface area contributed by atoms with Crippen LogP contribution in [0, 0.1) is 0 Å². The third-order valence-electron chi connectivity index (χ3n) is 3.15. The van der Waals surface area contributed by atoms with Crippen LogP contribution in [0.1, 0.15) is 11.1 Å². The second-order valence-electron chi connectivity index (χ2n) is 4.76. The summed E-state index contributed by atoms with van der Waals surface area (Å²) in [7, 11) is 3.21. The Morgan fingerprint density at radius 3 is 2.43 bits per heavy atom. The van der Waals surface area contributed by atoms with Crippen LogP contribution in [0.2, 0.25) is 0 Å². The highest BCUT2D eigenvalue weighted by molar-refractivity contribution is 9.10. The molecule has 0 radical (unpaired) electrons. The first-order valence-corrected chi connectivity index (χ1v) is 7.40. The number of benzene rings is 1. The number of hydrogen-bond acceptors (Lipinski definition) is 4. The van der Waals surface area contributed by atoms with E-state index in [9.17, 15) is 5.11 Å². The van der Waals surface area contributed by atoms with Gasteiger partial charge in [0.25, 0.3) is 0 Å². The lowest BCUT2D eigenvalue weighted by molar-refractivity contribution is 0.175. The van der Waals surface area contributed by atoms with E-state index >= 15 is 0 Å². The van der Waals surface area contributed by atoms with E-state index in [1.165, 1.54) is 0 Å². The van der Waals surface area contributed by atoms with E-state index in [0.29, 0.717) is 24.3 Å². The van der Waals surface area contributed by atoms with Crippen molar-refractivity contribution in [1.82, 2.24) is 4.98 Å². The molecule has 1 atom stereocenters. The number of nitrogens with zero attached hydrogens (tertiary/aromatic N) is 1. The van der Waals surface area contributed by atoms with Crippen LogP contribution in [0.15, 0.2) is 41.1 Å². The van der Waals surface area contributed by atoms with E-state index in [2.05, 4.69) is 20.9 Å². The Hall–Kier alpha value is -1.59. The van der Waals surface area contributed by atoms with Gasteiger partial charge in [-0.1, -0.05) is 6.07 Å². The second-order valence-corrected chi connectivity index (χ2v) is 5.68. The molecule has 21 heavy (non-hydrogen) atoms. The fraction of sp³-hybridized carbons (Fsp3) is 0.312. The lowest BCUT2D eigenvalue weighted by Crippen LogP contribution is -2.14. The lowest BCUT2D eigenvalue weighted by atomic mass is 10.0. The predicted octanol–water partition coefficient (Wildman–Crippen LogP) is 3.01. The Balaban J connectivity index is 2.04. The molecule has 0 aliphatic carbocycles. The van der Waals surface area contributed by atoms with Gasteiger partial charge in [-0.05, 0) is 51.7 Å². The Morgan fingerprint density at radius 2 is 1.76 bits per heavy atom. The number of methoxy groups -OCH3 is 2. The number of hydrogen-bond donors (Lipinski definition) is 1. The van der Waals surface area contributed by atoms with E-state index in [4.69, 9.17) is 9.47 Å². The van der Waals surface area contributed by atoms with E-state index in [-0.39, 0.29) is 0 Å². The van der Waals surface area contributed by atoms with E-state index < -0.39 is 6.10 Å². The fourth-order valence-corrected chi connectivity index (χ4v) is 2.60. The highest BCUT2D eigenvalue weighted by Gasteiger charge is 2.10. The normalized spacial score (nSPS) is 12.0. The van der Waals surface area contributed by atoms with Gasteiger partial charge in [0.15, 0.2) is 11.5 Å². The van der Waals surface area contributed by atoms with Crippen molar-refractivity contribution in [3.63, 3.8) is 0 Å². The summed E-state index contributed by atoms with van der Waals surface area (Å²) in [4.78, 5) is 4.10. The first-order valence-electron chi connectivity index (χ1n) is 6.60. The maximum Gasteiger partial charge on any atom is 0.160 e. The number of rotatable bonds is 6. The minimum absolute atomic E-state index is 0.473. The molecule has 0 saturated heterocycles. The highest BCUT2D eigenvalue weighted by Crippen LogP contribution is 2.28. The van der Waals surface area contributed by atoms with E-state index in [1.807, 2.05) is 24.3 Å². The van der Waals surface area contributed by atoms with Crippen LogP contribution in [0.25, 0.3) is 0 Å². The van der Waals surface area contributed by atoms with Gasteiger partial charge in [0.1, 0.15) is 0 Å². The topological polar surface area (TPSA) is 51.6 Å². The minimum Gasteiger partial charge on any atom is -0.493 e. The molecule has 1 N–H and O–H groups in total. The standard InChI is InChI=1S/C16H18BrNO3/c1-20-15-4-3-11(8-16(15)21-2)6-14(19)7-12-5-13(17)10-18-9-12/h3-5,8-10,14,19H,6-7H2,1-2H3. The molecular formula is C16H18BrNO3. The molecule has 0 saturated carbocycles. The van der Waals surface area contributed by atoms with Gasteiger partial charge in [0.05, 0.1) is 20.3 Å². The summed E-state index contributed by atoms with van der Waals surface area (Å²) in [6, 6.07) is 7.64. The first-order chi connectivity index (χ1) is 10.1. The van der Waals surface area contributed by atoms with Crippen LogP contribution in [-0.4, -0.2) is 30.4 Å². The molecule has 0 fully saturated rings. The second kappa shape index (κ2) is 7.43. The molecule has 2 aromatic rings. The molecule has 0 aliphatic rings. The van der Waals surface area contributed by atoms with Crippen LogP contribution in [0.5, 0.6) is 11.5 Å². The molecule has 0 amide bonds. The zero-order chi connectivity index (χ0) is 15.2. The predicted molar refractivity (Wildman–Crippen MR) is 84.9 cm³/mol. The summed E-state index contributed by atoms with van der Waals surface area (Å²) in [5, 5.41) is 10.2. The van der Waals surface area contributed by atoms with Crippen LogP contribution >= 0.6 is 15.9 Å². The molecule has 0 bridgehead atoms. The van der Waals surface area contributed by atoms with Crippen molar-refractivity contribution in [2.75, 3.05) is 14.2 Å².